The van der Waals surface area contributed by atoms with Crippen molar-refractivity contribution in [2.45, 2.75) is 76.4 Å². The van der Waals surface area contributed by atoms with Crippen molar-refractivity contribution in [1.29, 1.82) is 0 Å². The van der Waals surface area contributed by atoms with E-state index in [9.17, 15) is 14.9 Å². The molecule has 1 saturated carbocycles. The van der Waals surface area contributed by atoms with Crippen LogP contribution in [-0.4, -0.2) is 68.4 Å². The predicted molar refractivity (Wildman–Crippen MR) is 126 cm³/mol. The summed E-state index contributed by atoms with van der Waals surface area (Å²) in [6, 6.07) is 5.53. The topological polar surface area (TPSA) is 118 Å². The molecule has 0 spiro atoms. The second-order valence-corrected chi connectivity index (χ2v) is 9.92. The Hall–Kier alpha value is -2.27. The Balaban J connectivity index is 1.30. The molecule has 0 unspecified atom stereocenters. The van der Waals surface area contributed by atoms with E-state index in [0.29, 0.717) is 38.1 Å². The number of non-ortho nitro benzene ring substituents is 1. The van der Waals surface area contributed by atoms with Crippen LogP contribution < -0.4 is 5.32 Å². The van der Waals surface area contributed by atoms with Gasteiger partial charge in [0.2, 0.25) is 0 Å². The molecule has 2 atom stereocenters. The summed E-state index contributed by atoms with van der Waals surface area (Å²) in [7, 11) is 0. The van der Waals surface area contributed by atoms with E-state index in [0.717, 1.165) is 45.1 Å². The summed E-state index contributed by atoms with van der Waals surface area (Å²) in [4.78, 5) is 22.9. The Labute approximate surface area is 205 Å². The second kappa shape index (κ2) is 12.1. The van der Waals surface area contributed by atoms with Crippen molar-refractivity contribution in [2.24, 2.45) is 5.41 Å². The van der Waals surface area contributed by atoms with E-state index in [4.69, 9.17) is 23.7 Å². The lowest BCUT2D eigenvalue weighted by Crippen LogP contribution is -2.50. The third kappa shape index (κ3) is 7.36. The number of ether oxygens (including phenoxy) is 5. The summed E-state index contributed by atoms with van der Waals surface area (Å²) in [5, 5.41) is 13.7. The number of rotatable bonds is 11. The third-order valence-electron chi connectivity index (χ3n) is 7.34. The van der Waals surface area contributed by atoms with Crippen molar-refractivity contribution < 1.29 is 33.4 Å². The summed E-state index contributed by atoms with van der Waals surface area (Å²) in [5.41, 5.74) is 0.717. The number of nitrogens with zero attached hydrogens (tertiary/aromatic N) is 1. The number of carbonyl (C=O) groups is 1. The van der Waals surface area contributed by atoms with Crippen LogP contribution in [0.3, 0.4) is 0 Å². The van der Waals surface area contributed by atoms with Crippen LogP contribution in [0.25, 0.3) is 0 Å². The molecule has 0 radical (unpaired) electrons. The van der Waals surface area contributed by atoms with Crippen molar-refractivity contribution >= 4 is 11.8 Å². The minimum absolute atomic E-state index is 0.00816. The zero-order chi connectivity index (χ0) is 24.7. The van der Waals surface area contributed by atoms with E-state index >= 15 is 0 Å². The van der Waals surface area contributed by atoms with E-state index in [-0.39, 0.29) is 36.0 Å². The molecule has 1 amide bonds. The fraction of sp³-hybridized carbons (Fsp3) is 0.720. The van der Waals surface area contributed by atoms with Crippen LogP contribution in [0.15, 0.2) is 24.3 Å². The summed E-state index contributed by atoms with van der Waals surface area (Å²) in [6.07, 6.45) is 5.68. The van der Waals surface area contributed by atoms with Gasteiger partial charge in [-0.25, -0.2) is 4.79 Å². The molecule has 10 heteroatoms. The van der Waals surface area contributed by atoms with Crippen molar-refractivity contribution in [2.75, 3.05) is 33.0 Å². The van der Waals surface area contributed by atoms with Gasteiger partial charge in [-0.1, -0.05) is 0 Å². The Kier molecular flexibility index (Phi) is 8.94. The van der Waals surface area contributed by atoms with E-state index in [1.54, 1.807) is 12.1 Å². The lowest BCUT2D eigenvalue weighted by atomic mass is 9.72. The maximum absolute atomic E-state index is 12.6. The first-order valence-corrected chi connectivity index (χ1v) is 12.5. The Morgan fingerprint density at radius 3 is 2.54 bits per heavy atom. The molecule has 0 aromatic heterocycles. The fourth-order valence-corrected chi connectivity index (χ4v) is 4.85. The number of hydrogen-bond acceptors (Lipinski definition) is 8. The van der Waals surface area contributed by atoms with Gasteiger partial charge in [-0.15, -0.1) is 0 Å². The van der Waals surface area contributed by atoms with Gasteiger partial charge >= 0.3 is 6.09 Å². The van der Waals surface area contributed by atoms with Gasteiger partial charge in [0.25, 0.3) is 5.69 Å². The molecule has 5 rings (SSSR count). The van der Waals surface area contributed by atoms with Crippen LogP contribution in [0.2, 0.25) is 0 Å². The van der Waals surface area contributed by atoms with Crippen LogP contribution in [-0.2, 0) is 30.3 Å². The fourth-order valence-electron chi connectivity index (χ4n) is 4.85. The molecule has 4 aliphatic rings. The number of fused-ring (bicyclic) bond motifs is 3. The van der Waals surface area contributed by atoms with Gasteiger partial charge in [0, 0.05) is 30.8 Å². The van der Waals surface area contributed by atoms with E-state index in [2.05, 4.69) is 5.32 Å². The zero-order valence-electron chi connectivity index (χ0n) is 20.3. The zero-order valence-corrected chi connectivity index (χ0v) is 20.3. The monoisotopic (exact) mass is 492 g/mol. The van der Waals surface area contributed by atoms with Crippen molar-refractivity contribution in [3.8, 4) is 0 Å². The van der Waals surface area contributed by atoms with E-state index < -0.39 is 11.0 Å². The first kappa shape index (κ1) is 25.8. The van der Waals surface area contributed by atoms with E-state index in [1.807, 2.05) is 6.92 Å². The van der Waals surface area contributed by atoms with Gasteiger partial charge in [0.15, 0.2) is 0 Å². The van der Waals surface area contributed by atoms with Crippen LogP contribution in [0.1, 0.15) is 51.0 Å². The average molecular weight is 493 g/mol. The first-order valence-electron chi connectivity index (χ1n) is 12.5. The Morgan fingerprint density at radius 1 is 1.20 bits per heavy atom. The maximum atomic E-state index is 12.6. The highest BCUT2D eigenvalue weighted by Gasteiger charge is 2.42. The molecular weight excluding hydrogens is 456 g/mol. The molecule has 2 bridgehead atoms. The first-order chi connectivity index (χ1) is 16.9. The number of alkyl carbamates (subject to hydrolysis) is 1. The van der Waals surface area contributed by atoms with Crippen LogP contribution in [0, 0.1) is 15.5 Å². The van der Waals surface area contributed by atoms with Crippen LogP contribution >= 0.6 is 0 Å². The number of carbonyl (C=O) groups excluding carboxylic acids is 1. The third-order valence-corrected chi connectivity index (χ3v) is 7.34. The molecule has 4 fully saturated rings. The van der Waals surface area contributed by atoms with Crippen LogP contribution in [0.5, 0.6) is 0 Å². The quantitative estimate of drug-likeness (QED) is 0.367. The number of nitro benzene ring substituents is 1. The second-order valence-electron chi connectivity index (χ2n) is 9.92. The minimum Gasteiger partial charge on any atom is -0.445 e. The van der Waals surface area contributed by atoms with Crippen LogP contribution in [0.4, 0.5) is 10.5 Å². The highest BCUT2D eigenvalue weighted by atomic mass is 16.6. The average Bonchev–Trinajstić information content (AvgIpc) is 2.90. The molecule has 3 aliphatic heterocycles. The summed E-state index contributed by atoms with van der Waals surface area (Å²) >= 11 is 0. The van der Waals surface area contributed by atoms with Gasteiger partial charge in [-0.05, 0) is 63.1 Å². The van der Waals surface area contributed by atoms with Gasteiger partial charge in [0.05, 0.1) is 49.1 Å². The molecule has 1 aromatic carbocycles. The summed E-state index contributed by atoms with van der Waals surface area (Å²) in [6.45, 7) is 4.94. The molecule has 3 heterocycles. The van der Waals surface area contributed by atoms with Crippen molar-refractivity contribution in [1.82, 2.24) is 5.32 Å². The van der Waals surface area contributed by atoms with E-state index in [1.165, 1.54) is 12.1 Å². The molecule has 1 N–H and O–H groups in total. The SMILES string of the molecule is C[C@@H](OCC12CCC(CC1)OC2)[C@@H](COC1CCOCC1)NC(=O)OCc1ccc([N+](=O)[O-])cc1. The smallest absolute Gasteiger partial charge is 0.407 e. The molecule has 3 saturated heterocycles. The minimum atomic E-state index is -0.584. The Bertz CT molecular complexity index is 821. The summed E-state index contributed by atoms with van der Waals surface area (Å²) < 4.78 is 29.1. The highest BCUT2D eigenvalue weighted by molar-refractivity contribution is 5.67. The number of nitrogens with one attached hydrogen (secondary N) is 1. The molecule has 35 heavy (non-hydrogen) atoms. The van der Waals surface area contributed by atoms with Crippen molar-refractivity contribution in [3.63, 3.8) is 0 Å². The van der Waals surface area contributed by atoms with Gasteiger partial charge in [0.1, 0.15) is 6.61 Å². The molecule has 1 aliphatic carbocycles. The summed E-state index contributed by atoms with van der Waals surface area (Å²) in [5.74, 6) is 0. The normalized spacial score (nSPS) is 26.1. The predicted octanol–water partition coefficient (Wildman–Crippen LogP) is 3.75. The number of benzene rings is 1. The molecule has 194 valence electrons. The maximum Gasteiger partial charge on any atom is 0.407 e. The number of hydrogen-bond donors (Lipinski definition) is 1. The number of amides is 1. The lowest BCUT2D eigenvalue weighted by molar-refractivity contribution is -0.384. The largest absolute Gasteiger partial charge is 0.445 e. The van der Waals surface area contributed by atoms with Gasteiger partial charge < -0.3 is 29.0 Å². The standard InChI is InChI=1S/C25H36N2O8/c1-18(34-16-25-10-6-21(7-11-25)35-17-25)23(15-32-22-8-12-31-13-9-22)26-24(28)33-14-19-2-4-20(5-3-19)27(29)30/h2-5,18,21-23H,6-17H2,1H3,(H,26,28)/t18-,21?,23-,25?/m1/s1. The molecule has 10 nitrogen and oxygen atoms in total. The van der Waals surface area contributed by atoms with Crippen molar-refractivity contribution in [3.05, 3.63) is 39.9 Å². The lowest BCUT2D eigenvalue weighted by Gasteiger charge is -2.46. The highest BCUT2D eigenvalue weighted by Crippen LogP contribution is 2.43. The molecular formula is C25H36N2O8. The molecule has 1 aromatic rings. The Morgan fingerprint density at radius 2 is 1.91 bits per heavy atom. The van der Waals surface area contributed by atoms with Gasteiger partial charge in [-0.3, -0.25) is 10.1 Å². The van der Waals surface area contributed by atoms with Gasteiger partial charge in [-0.2, -0.15) is 0 Å². The number of nitro groups is 1.